The first kappa shape index (κ1) is 31.0. The van der Waals surface area contributed by atoms with E-state index < -0.39 is 54.5 Å². The lowest BCUT2D eigenvalue weighted by atomic mass is 10.0. The molecule has 36 heavy (non-hydrogen) atoms. The number of nitrogens with one attached hydrogen (secondary N) is 3. The molecule has 4 unspecified atom stereocenters. The topological polar surface area (TPSA) is 223 Å². The molecule has 12 heteroatoms. The number of aliphatic carboxylic acids is 1. The highest BCUT2D eigenvalue weighted by Crippen LogP contribution is 2.06. The zero-order chi connectivity index (χ0) is 26.9. The summed E-state index contributed by atoms with van der Waals surface area (Å²) in [5.41, 5.74) is 17.8. The summed E-state index contributed by atoms with van der Waals surface area (Å²) in [5.74, 6) is -3.30. The highest BCUT2D eigenvalue weighted by Gasteiger charge is 2.29. The smallest absolute Gasteiger partial charge is 0.326 e. The number of carbonyl (C=O) groups excluding carboxylic acids is 3. The third kappa shape index (κ3) is 11.6. The van der Waals surface area contributed by atoms with E-state index in [4.69, 9.17) is 17.2 Å². The van der Waals surface area contributed by atoms with Crippen LogP contribution in [0, 0.1) is 0 Å². The highest BCUT2D eigenvalue weighted by molar-refractivity contribution is 5.94. The van der Waals surface area contributed by atoms with Gasteiger partial charge < -0.3 is 43.4 Å². The van der Waals surface area contributed by atoms with Crippen LogP contribution in [0.25, 0.3) is 0 Å². The van der Waals surface area contributed by atoms with Crippen LogP contribution in [0.5, 0.6) is 0 Å². The number of nitrogens with two attached hydrogens (primary N) is 3. The van der Waals surface area contributed by atoms with Gasteiger partial charge in [-0.3, -0.25) is 14.4 Å². The molecule has 0 aromatic heterocycles. The summed E-state index contributed by atoms with van der Waals surface area (Å²) in [6.07, 6.45) is 2.84. The maximum absolute atomic E-state index is 12.9. The fourth-order valence-electron chi connectivity index (χ4n) is 3.49. The lowest BCUT2D eigenvalue weighted by Crippen LogP contribution is -2.58. The van der Waals surface area contributed by atoms with Gasteiger partial charge in [0.1, 0.15) is 18.1 Å². The first-order chi connectivity index (χ1) is 17.2. The van der Waals surface area contributed by atoms with Crippen LogP contribution >= 0.6 is 0 Å². The van der Waals surface area contributed by atoms with Crippen molar-refractivity contribution in [1.29, 1.82) is 0 Å². The van der Waals surface area contributed by atoms with Gasteiger partial charge in [0.05, 0.1) is 12.6 Å². The molecule has 12 nitrogen and oxygen atoms in total. The van der Waals surface area contributed by atoms with E-state index in [0.717, 1.165) is 5.56 Å². The Labute approximate surface area is 211 Å². The van der Waals surface area contributed by atoms with E-state index in [1.807, 2.05) is 30.3 Å². The number of amides is 3. The van der Waals surface area contributed by atoms with Crippen LogP contribution in [0.3, 0.4) is 0 Å². The summed E-state index contributed by atoms with van der Waals surface area (Å²) in [6.45, 7) is 0.0681. The third-order valence-corrected chi connectivity index (χ3v) is 5.59. The molecule has 0 radical (unpaired) electrons. The molecule has 0 spiro atoms. The second kappa shape index (κ2) is 17.4. The van der Waals surface area contributed by atoms with Crippen molar-refractivity contribution in [2.45, 2.75) is 69.1 Å². The van der Waals surface area contributed by atoms with Gasteiger partial charge in [-0.25, -0.2) is 4.79 Å². The molecule has 0 saturated heterocycles. The predicted molar refractivity (Wildman–Crippen MR) is 134 cm³/mol. The van der Waals surface area contributed by atoms with E-state index in [1.165, 1.54) is 0 Å². The molecule has 0 aliphatic heterocycles. The number of carboxylic acids is 1. The van der Waals surface area contributed by atoms with Gasteiger partial charge in [-0.15, -0.1) is 0 Å². The van der Waals surface area contributed by atoms with Crippen LogP contribution in [-0.2, 0) is 25.6 Å². The SMILES string of the molecule is NCCCCC(NC(=O)C(CCCCN)NC(=O)C(CO)NC(=O)C(N)Cc1ccccc1)C(=O)O. The van der Waals surface area contributed by atoms with Crippen molar-refractivity contribution in [3.63, 3.8) is 0 Å². The van der Waals surface area contributed by atoms with E-state index in [1.54, 1.807) is 0 Å². The molecule has 4 atom stereocenters. The summed E-state index contributed by atoms with van der Waals surface area (Å²) in [6, 6.07) is 4.57. The summed E-state index contributed by atoms with van der Waals surface area (Å²) in [4.78, 5) is 49.7. The van der Waals surface area contributed by atoms with Gasteiger partial charge in [0.15, 0.2) is 0 Å². The number of benzene rings is 1. The monoisotopic (exact) mass is 508 g/mol. The Balaban J connectivity index is 2.81. The summed E-state index contributed by atoms with van der Waals surface area (Å²) in [7, 11) is 0. The quantitative estimate of drug-likeness (QED) is 0.106. The molecule has 202 valence electrons. The molecular formula is C24H40N6O6. The Bertz CT molecular complexity index is 825. The zero-order valence-corrected chi connectivity index (χ0v) is 20.5. The maximum Gasteiger partial charge on any atom is 0.326 e. The Hall–Kier alpha value is -3.06. The van der Waals surface area contributed by atoms with E-state index in [0.29, 0.717) is 38.8 Å². The van der Waals surface area contributed by atoms with Crippen LogP contribution in [0.1, 0.15) is 44.1 Å². The van der Waals surface area contributed by atoms with E-state index >= 15 is 0 Å². The number of carbonyl (C=O) groups is 4. The lowest BCUT2D eigenvalue weighted by molar-refractivity contribution is -0.142. The minimum atomic E-state index is -1.34. The van der Waals surface area contributed by atoms with Crippen molar-refractivity contribution in [3.8, 4) is 0 Å². The number of aliphatic hydroxyl groups is 1. The van der Waals surface area contributed by atoms with E-state index in [2.05, 4.69) is 16.0 Å². The van der Waals surface area contributed by atoms with Crippen molar-refractivity contribution in [1.82, 2.24) is 16.0 Å². The Morgan fingerprint density at radius 2 is 1.25 bits per heavy atom. The predicted octanol–water partition coefficient (Wildman–Crippen LogP) is -1.65. The van der Waals surface area contributed by atoms with Gasteiger partial charge in [0.2, 0.25) is 17.7 Å². The third-order valence-electron chi connectivity index (χ3n) is 5.59. The van der Waals surface area contributed by atoms with Crippen LogP contribution < -0.4 is 33.2 Å². The average molecular weight is 509 g/mol. The average Bonchev–Trinajstić information content (AvgIpc) is 2.86. The number of aliphatic hydroxyl groups excluding tert-OH is 1. The fourth-order valence-corrected chi connectivity index (χ4v) is 3.49. The molecule has 0 saturated carbocycles. The first-order valence-corrected chi connectivity index (χ1v) is 12.2. The number of hydrogen-bond donors (Lipinski definition) is 8. The lowest BCUT2D eigenvalue weighted by Gasteiger charge is -2.24. The number of rotatable bonds is 18. The number of carboxylic acid groups (broad SMARTS) is 1. The molecule has 0 aliphatic carbocycles. The van der Waals surface area contributed by atoms with Gasteiger partial charge in [-0.2, -0.15) is 0 Å². The second-order valence-corrected chi connectivity index (χ2v) is 8.57. The fraction of sp³-hybridized carbons (Fsp3) is 0.583. The molecule has 11 N–H and O–H groups in total. The number of hydrogen-bond acceptors (Lipinski definition) is 8. The normalized spacial score (nSPS) is 14.2. The summed E-state index contributed by atoms with van der Waals surface area (Å²) in [5, 5.41) is 26.5. The van der Waals surface area contributed by atoms with E-state index in [9.17, 15) is 29.4 Å². The molecular weight excluding hydrogens is 468 g/mol. The van der Waals surface area contributed by atoms with Crippen LogP contribution in [0.2, 0.25) is 0 Å². The van der Waals surface area contributed by atoms with Crippen LogP contribution in [-0.4, -0.2) is 77.8 Å². The Morgan fingerprint density at radius 1 is 0.750 bits per heavy atom. The molecule has 1 rings (SSSR count). The summed E-state index contributed by atoms with van der Waals surface area (Å²) >= 11 is 0. The molecule has 0 fully saturated rings. The van der Waals surface area contributed by atoms with Crippen molar-refractivity contribution >= 4 is 23.7 Å². The first-order valence-electron chi connectivity index (χ1n) is 12.2. The van der Waals surface area contributed by atoms with Crippen molar-refractivity contribution in [3.05, 3.63) is 35.9 Å². The molecule has 3 amide bonds. The van der Waals surface area contributed by atoms with Gasteiger partial charge in [0, 0.05) is 0 Å². The minimum absolute atomic E-state index is 0.191. The van der Waals surface area contributed by atoms with Gasteiger partial charge >= 0.3 is 5.97 Å². The maximum atomic E-state index is 12.9. The number of unbranched alkanes of at least 4 members (excludes halogenated alkanes) is 2. The Kier molecular flexibility index (Phi) is 15.0. The van der Waals surface area contributed by atoms with Crippen LogP contribution in [0.15, 0.2) is 30.3 Å². The molecule has 0 aliphatic rings. The molecule has 1 aromatic carbocycles. The summed E-state index contributed by atoms with van der Waals surface area (Å²) < 4.78 is 0. The van der Waals surface area contributed by atoms with Crippen LogP contribution in [0.4, 0.5) is 0 Å². The van der Waals surface area contributed by atoms with Gasteiger partial charge in [-0.05, 0) is 63.6 Å². The zero-order valence-electron chi connectivity index (χ0n) is 20.5. The molecule has 0 bridgehead atoms. The standard InChI is InChI=1S/C24H40N6O6/c25-12-6-4-10-18(22(33)29-19(24(35)36)11-5-7-13-26)28-23(34)20(15-31)30-21(32)17(27)14-16-8-2-1-3-9-16/h1-3,8-9,17-20,31H,4-7,10-15,25-27H2,(H,28,34)(H,29,33)(H,30,32)(H,35,36). The second-order valence-electron chi connectivity index (χ2n) is 8.57. The van der Waals surface area contributed by atoms with Gasteiger partial charge in [-0.1, -0.05) is 30.3 Å². The minimum Gasteiger partial charge on any atom is -0.480 e. The van der Waals surface area contributed by atoms with E-state index in [-0.39, 0.29) is 19.3 Å². The Morgan fingerprint density at radius 3 is 1.78 bits per heavy atom. The highest BCUT2D eigenvalue weighted by atomic mass is 16.4. The van der Waals surface area contributed by atoms with Crippen molar-refractivity contribution in [2.75, 3.05) is 19.7 Å². The molecule has 0 heterocycles. The van der Waals surface area contributed by atoms with Gasteiger partial charge in [0.25, 0.3) is 0 Å². The largest absolute Gasteiger partial charge is 0.480 e. The van der Waals surface area contributed by atoms with Crippen molar-refractivity contribution in [2.24, 2.45) is 17.2 Å². The molecule has 1 aromatic rings. The van der Waals surface area contributed by atoms with Crippen molar-refractivity contribution < 1.29 is 29.4 Å².